The molecule has 0 heterocycles. The predicted octanol–water partition coefficient (Wildman–Crippen LogP) is 4.78. The van der Waals surface area contributed by atoms with E-state index in [0.717, 1.165) is 10.5 Å². The van der Waals surface area contributed by atoms with Crippen LogP contribution in [-0.4, -0.2) is 23.9 Å². The lowest BCUT2D eigenvalue weighted by Crippen LogP contribution is -2.31. The minimum atomic E-state index is -0.337. The molecule has 0 atom stereocenters. The molecule has 25 heavy (non-hydrogen) atoms. The molecule has 0 radical (unpaired) electrons. The van der Waals surface area contributed by atoms with Crippen LogP contribution in [0.4, 0.5) is 0 Å². The van der Waals surface area contributed by atoms with E-state index in [0.29, 0.717) is 21.4 Å². The van der Waals surface area contributed by atoms with Crippen molar-refractivity contribution in [2.24, 2.45) is 0 Å². The fraction of sp³-hybridized carbons (Fsp3) is 0.167. The van der Waals surface area contributed by atoms with E-state index in [-0.39, 0.29) is 19.0 Å². The van der Waals surface area contributed by atoms with Crippen molar-refractivity contribution in [3.63, 3.8) is 0 Å². The van der Waals surface area contributed by atoms with Crippen molar-refractivity contribution in [3.05, 3.63) is 63.6 Å². The number of carbonyl (C=O) groups is 1. The lowest BCUT2D eigenvalue weighted by atomic mass is 10.1. The number of rotatable bonds is 6. The maximum Gasteiger partial charge on any atom is 0.255 e. The number of amides is 1. The highest BCUT2D eigenvalue weighted by Gasteiger charge is 2.15. The van der Waals surface area contributed by atoms with Gasteiger partial charge in [0.05, 0.1) is 17.2 Å². The minimum absolute atomic E-state index is 0.122. The molecule has 7 heteroatoms. The Hall–Kier alpha value is -2.18. The van der Waals surface area contributed by atoms with E-state index < -0.39 is 0 Å². The van der Waals surface area contributed by atoms with Crippen LogP contribution in [0.25, 0.3) is 0 Å². The van der Waals surface area contributed by atoms with Crippen LogP contribution in [0.3, 0.4) is 0 Å². The van der Waals surface area contributed by atoms with Crippen LogP contribution in [0, 0.1) is 22.7 Å². The molecule has 4 nitrogen and oxygen atoms in total. The van der Waals surface area contributed by atoms with Crippen molar-refractivity contribution in [3.8, 4) is 12.1 Å². The van der Waals surface area contributed by atoms with Crippen LogP contribution in [0.5, 0.6) is 0 Å². The van der Waals surface area contributed by atoms with Crippen LogP contribution in [0.2, 0.25) is 10.0 Å². The Morgan fingerprint density at radius 3 is 2.48 bits per heavy atom. The molecule has 0 spiro atoms. The minimum Gasteiger partial charge on any atom is -0.312 e. The Morgan fingerprint density at radius 2 is 1.80 bits per heavy atom. The van der Waals surface area contributed by atoms with Crippen LogP contribution >= 0.6 is 35.0 Å². The number of benzene rings is 2. The Labute approximate surface area is 160 Å². The van der Waals surface area contributed by atoms with Gasteiger partial charge in [0.15, 0.2) is 0 Å². The van der Waals surface area contributed by atoms with Gasteiger partial charge in [0.2, 0.25) is 0 Å². The van der Waals surface area contributed by atoms with Gasteiger partial charge in [0.25, 0.3) is 5.91 Å². The van der Waals surface area contributed by atoms with Gasteiger partial charge in [-0.25, -0.2) is 0 Å². The molecule has 1 amide bonds. The smallest absolute Gasteiger partial charge is 0.255 e. The second-order valence-corrected chi connectivity index (χ2v) is 6.90. The summed E-state index contributed by atoms with van der Waals surface area (Å²) in [5.41, 5.74) is 1.38. The van der Waals surface area contributed by atoms with E-state index in [4.69, 9.17) is 33.7 Å². The van der Waals surface area contributed by atoms with E-state index in [2.05, 4.69) is 0 Å². The van der Waals surface area contributed by atoms with Gasteiger partial charge in [-0.2, -0.15) is 10.5 Å². The van der Waals surface area contributed by atoms with Crippen molar-refractivity contribution < 1.29 is 4.79 Å². The number of nitrogens with zero attached hydrogens (tertiary/aromatic N) is 3. The first-order chi connectivity index (χ1) is 12.0. The summed E-state index contributed by atoms with van der Waals surface area (Å²) >= 11 is 13.7. The van der Waals surface area contributed by atoms with Gasteiger partial charge in [0, 0.05) is 21.2 Å². The molecular formula is C18H13Cl2N3OS. The van der Waals surface area contributed by atoms with Crippen molar-refractivity contribution in [2.45, 2.75) is 10.6 Å². The lowest BCUT2D eigenvalue weighted by molar-refractivity contribution is 0.0794. The fourth-order valence-electron chi connectivity index (χ4n) is 2.10. The van der Waals surface area contributed by atoms with E-state index >= 15 is 0 Å². The zero-order chi connectivity index (χ0) is 18.2. The predicted molar refractivity (Wildman–Crippen MR) is 99.6 cm³/mol. The summed E-state index contributed by atoms with van der Waals surface area (Å²) in [6.07, 6.45) is 0. The maximum atomic E-state index is 12.4. The molecule has 0 saturated carbocycles. The first-order valence-electron chi connectivity index (χ1n) is 7.25. The molecule has 0 aliphatic carbocycles. The van der Waals surface area contributed by atoms with Crippen molar-refractivity contribution in [2.75, 3.05) is 13.1 Å². The molecule has 0 aliphatic rings. The second kappa shape index (κ2) is 9.34. The number of nitriles is 2. The normalized spacial score (nSPS) is 9.92. The van der Waals surface area contributed by atoms with Gasteiger partial charge in [-0.1, -0.05) is 35.3 Å². The van der Waals surface area contributed by atoms with Crippen LogP contribution in [-0.2, 0) is 5.75 Å². The molecule has 126 valence electrons. The summed E-state index contributed by atoms with van der Waals surface area (Å²) in [5, 5.41) is 18.8. The monoisotopic (exact) mass is 389 g/mol. The number of carbonyl (C=O) groups excluding carboxylic acids is 1. The molecule has 0 unspecified atom stereocenters. The highest BCUT2D eigenvalue weighted by atomic mass is 35.5. The highest BCUT2D eigenvalue weighted by molar-refractivity contribution is 7.98. The number of halogens is 2. The molecule has 0 saturated heterocycles. The fourth-order valence-corrected chi connectivity index (χ4v) is 3.53. The first kappa shape index (κ1) is 19.1. The van der Waals surface area contributed by atoms with Crippen LogP contribution in [0.15, 0.2) is 47.4 Å². The highest BCUT2D eigenvalue weighted by Crippen LogP contribution is 2.32. The molecule has 0 N–H and O–H groups in total. The first-order valence-corrected chi connectivity index (χ1v) is 8.99. The summed E-state index contributed by atoms with van der Waals surface area (Å²) in [6.45, 7) is -0.243. The van der Waals surface area contributed by atoms with E-state index in [1.165, 1.54) is 16.7 Å². The average Bonchev–Trinajstić information content (AvgIpc) is 2.62. The Kier molecular flexibility index (Phi) is 7.16. The molecular weight excluding hydrogens is 377 g/mol. The summed E-state index contributed by atoms with van der Waals surface area (Å²) in [7, 11) is 0. The lowest BCUT2D eigenvalue weighted by Gasteiger charge is -2.16. The molecule has 2 aromatic rings. The summed E-state index contributed by atoms with van der Waals surface area (Å²) in [6, 6.07) is 16.2. The van der Waals surface area contributed by atoms with Gasteiger partial charge in [0.1, 0.15) is 13.1 Å². The largest absolute Gasteiger partial charge is 0.312 e. The SMILES string of the molecule is N#CCN(CC#N)C(=O)c1cccc(CSc2cc(Cl)ccc2Cl)c1. The third kappa shape index (κ3) is 5.41. The van der Waals surface area contributed by atoms with E-state index in [1.807, 2.05) is 18.2 Å². The zero-order valence-corrected chi connectivity index (χ0v) is 15.4. The molecule has 2 rings (SSSR count). The number of thioether (sulfide) groups is 1. The average molecular weight is 390 g/mol. The Bertz CT molecular complexity index is 842. The van der Waals surface area contributed by atoms with Crippen molar-refractivity contribution >= 4 is 40.9 Å². The van der Waals surface area contributed by atoms with Gasteiger partial charge >= 0.3 is 0 Å². The number of hydrogen-bond donors (Lipinski definition) is 0. The number of hydrogen-bond acceptors (Lipinski definition) is 4. The van der Waals surface area contributed by atoms with Crippen LogP contribution < -0.4 is 0 Å². The topological polar surface area (TPSA) is 67.9 Å². The third-order valence-corrected chi connectivity index (χ3v) is 5.08. The Balaban J connectivity index is 2.13. The Morgan fingerprint density at radius 1 is 1.08 bits per heavy atom. The standard InChI is InChI=1S/C18H13Cl2N3OS/c19-15-4-5-16(20)17(11-15)25-12-13-2-1-3-14(10-13)18(24)23(8-6-21)9-7-22/h1-5,10-11H,8-9,12H2. The van der Waals surface area contributed by atoms with E-state index in [9.17, 15) is 4.79 Å². The molecule has 0 fully saturated rings. The van der Waals surface area contributed by atoms with Crippen molar-refractivity contribution in [1.29, 1.82) is 10.5 Å². The molecule has 2 aromatic carbocycles. The van der Waals surface area contributed by atoms with Gasteiger partial charge in [-0.05, 0) is 35.9 Å². The molecule has 0 aliphatic heterocycles. The summed E-state index contributed by atoms with van der Waals surface area (Å²) < 4.78 is 0. The van der Waals surface area contributed by atoms with Gasteiger partial charge in [-0.15, -0.1) is 11.8 Å². The maximum absolute atomic E-state index is 12.4. The van der Waals surface area contributed by atoms with Crippen LogP contribution in [0.1, 0.15) is 15.9 Å². The quantitative estimate of drug-likeness (QED) is 0.526. The zero-order valence-electron chi connectivity index (χ0n) is 13.1. The van der Waals surface area contributed by atoms with E-state index in [1.54, 1.807) is 36.4 Å². The van der Waals surface area contributed by atoms with Gasteiger partial charge in [-0.3, -0.25) is 4.79 Å². The van der Waals surface area contributed by atoms with Gasteiger partial charge < -0.3 is 4.90 Å². The molecule has 0 bridgehead atoms. The molecule has 0 aromatic heterocycles. The summed E-state index contributed by atoms with van der Waals surface area (Å²) in [5.74, 6) is 0.272. The third-order valence-electron chi connectivity index (χ3n) is 3.27. The second-order valence-electron chi connectivity index (χ2n) is 5.04. The van der Waals surface area contributed by atoms with Crippen molar-refractivity contribution in [1.82, 2.24) is 4.90 Å². The summed E-state index contributed by atoms with van der Waals surface area (Å²) in [4.78, 5) is 14.5.